The van der Waals surface area contributed by atoms with Crippen molar-refractivity contribution in [1.82, 2.24) is 0 Å². The minimum atomic E-state index is -0.539. The topological polar surface area (TPSA) is 87.9 Å². The first-order valence-corrected chi connectivity index (χ1v) is 6.67. The van der Waals surface area contributed by atoms with E-state index in [1.807, 2.05) is 0 Å². The number of esters is 1. The van der Waals surface area contributed by atoms with Gasteiger partial charge in [0.1, 0.15) is 12.4 Å². The van der Waals surface area contributed by atoms with E-state index >= 15 is 0 Å². The first-order valence-electron chi connectivity index (χ1n) is 6.67. The second-order valence-corrected chi connectivity index (χ2v) is 4.57. The van der Waals surface area contributed by atoms with E-state index in [1.54, 1.807) is 30.3 Å². The minimum Gasteiger partial charge on any atom is -0.496 e. The Labute approximate surface area is 132 Å². The first kappa shape index (κ1) is 16.3. The number of benzene rings is 2. The molecule has 0 aromatic heterocycles. The highest BCUT2D eigenvalue weighted by molar-refractivity contribution is 5.89. The van der Waals surface area contributed by atoms with Crippen molar-refractivity contribution >= 4 is 11.7 Å². The van der Waals surface area contributed by atoms with Crippen molar-refractivity contribution in [2.24, 2.45) is 0 Å². The normalized spacial score (nSPS) is 10.0. The summed E-state index contributed by atoms with van der Waals surface area (Å²) >= 11 is 0. The molecule has 0 aliphatic rings. The van der Waals surface area contributed by atoms with Crippen LogP contribution < -0.4 is 9.47 Å². The molecule has 2 rings (SSSR count). The Morgan fingerprint density at radius 1 is 1.17 bits per heavy atom. The fraction of sp³-hybridized carbons (Fsp3) is 0.188. The largest absolute Gasteiger partial charge is 0.496 e. The molecule has 0 aliphatic heterocycles. The molecule has 0 aliphatic carbocycles. The standard InChI is InChI=1S/C16H15NO6/c1-21-13-6-7-15(14(9-13)17(19)20)23-10-11-4-3-5-12(8-11)16(18)22-2/h3-9H,10H2,1-2H3. The number of nitro groups is 1. The summed E-state index contributed by atoms with van der Waals surface area (Å²) in [5.41, 5.74) is 0.893. The number of methoxy groups -OCH3 is 2. The Kier molecular flexibility index (Phi) is 5.14. The predicted molar refractivity (Wildman–Crippen MR) is 81.8 cm³/mol. The summed E-state index contributed by atoms with van der Waals surface area (Å²) in [6, 6.07) is 11.0. The molecule has 0 amide bonds. The Bertz CT molecular complexity index is 728. The lowest BCUT2D eigenvalue weighted by Gasteiger charge is -2.09. The zero-order valence-corrected chi connectivity index (χ0v) is 12.6. The van der Waals surface area contributed by atoms with Gasteiger partial charge in [-0.2, -0.15) is 0 Å². The highest BCUT2D eigenvalue weighted by atomic mass is 16.6. The molecule has 23 heavy (non-hydrogen) atoms. The van der Waals surface area contributed by atoms with E-state index in [9.17, 15) is 14.9 Å². The van der Waals surface area contributed by atoms with Crippen LogP contribution in [0.2, 0.25) is 0 Å². The second kappa shape index (κ2) is 7.26. The number of hydrogen-bond acceptors (Lipinski definition) is 6. The average Bonchev–Trinajstić information content (AvgIpc) is 2.59. The van der Waals surface area contributed by atoms with Gasteiger partial charge in [-0.3, -0.25) is 10.1 Å². The van der Waals surface area contributed by atoms with Gasteiger partial charge in [0.25, 0.3) is 0 Å². The summed E-state index contributed by atoms with van der Waals surface area (Å²) in [7, 11) is 2.73. The number of ether oxygens (including phenoxy) is 3. The summed E-state index contributed by atoms with van der Waals surface area (Å²) in [5.74, 6) is 0.0401. The first-order chi connectivity index (χ1) is 11.0. The van der Waals surface area contributed by atoms with Crippen LogP contribution in [-0.4, -0.2) is 25.1 Å². The van der Waals surface area contributed by atoms with Gasteiger partial charge < -0.3 is 14.2 Å². The molecule has 0 fully saturated rings. The summed E-state index contributed by atoms with van der Waals surface area (Å²) < 4.78 is 15.1. The van der Waals surface area contributed by atoms with Crippen LogP contribution in [-0.2, 0) is 11.3 Å². The SMILES string of the molecule is COC(=O)c1cccc(COc2ccc(OC)cc2[N+](=O)[O-])c1. The Morgan fingerprint density at radius 2 is 1.96 bits per heavy atom. The van der Waals surface area contributed by atoms with Crippen molar-refractivity contribution in [2.45, 2.75) is 6.61 Å². The van der Waals surface area contributed by atoms with Gasteiger partial charge in [0.15, 0.2) is 5.75 Å². The molecule has 0 saturated heterocycles. The van der Waals surface area contributed by atoms with E-state index in [4.69, 9.17) is 9.47 Å². The van der Waals surface area contributed by atoms with Crippen molar-refractivity contribution in [2.75, 3.05) is 14.2 Å². The molecule has 2 aromatic rings. The third-order valence-corrected chi connectivity index (χ3v) is 3.11. The van der Waals surface area contributed by atoms with Crippen molar-refractivity contribution in [3.8, 4) is 11.5 Å². The van der Waals surface area contributed by atoms with Gasteiger partial charge in [-0.1, -0.05) is 12.1 Å². The molecule has 120 valence electrons. The van der Waals surface area contributed by atoms with E-state index in [0.717, 1.165) is 0 Å². The Morgan fingerprint density at radius 3 is 2.61 bits per heavy atom. The van der Waals surface area contributed by atoms with Crippen LogP contribution in [0.3, 0.4) is 0 Å². The molecule has 2 aromatic carbocycles. The smallest absolute Gasteiger partial charge is 0.337 e. The molecule has 0 unspecified atom stereocenters. The van der Waals surface area contributed by atoms with Gasteiger partial charge in [0.05, 0.1) is 30.8 Å². The molecule has 7 nitrogen and oxygen atoms in total. The quantitative estimate of drug-likeness (QED) is 0.462. The highest BCUT2D eigenvalue weighted by Crippen LogP contribution is 2.31. The number of rotatable bonds is 6. The molecule has 0 bridgehead atoms. The van der Waals surface area contributed by atoms with Gasteiger partial charge in [-0.15, -0.1) is 0 Å². The number of nitro benzene ring substituents is 1. The molecule has 0 saturated carbocycles. The van der Waals surface area contributed by atoms with E-state index in [2.05, 4.69) is 4.74 Å². The monoisotopic (exact) mass is 317 g/mol. The predicted octanol–water partition coefficient (Wildman–Crippen LogP) is 2.97. The summed E-state index contributed by atoms with van der Waals surface area (Å²) in [6.45, 7) is 0.0814. The van der Waals surface area contributed by atoms with Gasteiger partial charge in [0.2, 0.25) is 0 Å². The number of hydrogen-bond donors (Lipinski definition) is 0. The van der Waals surface area contributed by atoms with E-state index < -0.39 is 10.9 Å². The Balaban J connectivity index is 2.18. The zero-order valence-electron chi connectivity index (χ0n) is 12.6. The fourth-order valence-corrected chi connectivity index (χ4v) is 1.96. The molecule has 0 heterocycles. The van der Waals surface area contributed by atoms with E-state index in [-0.39, 0.29) is 18.0 Å². The summed E-state index contributed by atoms with van der Waals surface area (Å²) in [4.78, 5) is 22.0. The second-order valence-electron chi connectivity index (χ2n) is 4.57. The zero-order chi connectivity index (χ0) is 16.8. The molecule has 0 atom stereocenters. The van der Waals surface area contributed by atoms with Gasteiger partial charge >= 0.3 is 11.7 Å². The maximum absolute atomic E-state index is 11.5. The average molecular weight is 317 g/mol. The van der Waals surface area contributed by atoms with Crippen LogP contribution in [0.15, 0.2) is 42.5 Å². The van der Waals surface area contributed by atoms with E-state index in [1.165, 1.54) is 26.4 Å². The van der Waals surface area contributed by atoms with Crippen LogP contribution >= 0.6 is 0 Å². The minimum absolute atomic E-state index is 0.0814. The van der Waals surface area contributed by atoms with Crippen molar-refractivity contribution in [1.29, 1.82) is 0 Å². The lowest BCUT2D eigenvalue weighted by Crippen LogP contribution is -2.04. The summed E-state index contributed by atoms with van der Waals surface area (Å²) in [5, 5.41) is 11.1. The summed E-state index contributed by atoms with van der Waals surface area (Å²) in [6.07, 6.45) is 0. The number of carbonyl (C=O) groups is 1. The van der Waals surface area contributed by atoms with Crippen LogP contribution in [0, 0.1) is 10.1 Å². The van der Waals surface area contributed by atoms with Crippen LogP contribution in [0.5, 0.6) is 11.5 Å². The van der Waals surface area contributed by atoms with Crippen molar-refractivity contribution in [3.05, 3.63) is 63.7 Å². The molecule has 0 spiro atoms. The van der Waals surface area contributed by atoms with Gasteiger partial charge in [0, 0.05) is 0 Å². The maximum Gasteiger partial charge on any atom is 0.337 e. The van der Waals surface area contributed by atoms with Crippen molar-refractivity contribution in [3.63, 3.8) is 0 Å². The molecule has 7 heteroatoms. The van der Waals surface area contributed by atoms with Crippen molar-refractivity contribution < 1.29 is 23.9 Å². The van der Waals surface area contributed by atoms with Gasteiger partial charge in [-0.25, -0.2) is 4.79 Å². The molecule has 0 radical (unpaired) electrons. The third kappa shape index (κ3) is 3.97. The van der Waals surface area contributed by atoms with Crippen LogP contribution in [0.1, 0.15) is 15.9 Å². The lowest BCUT2D eigenvalue weighted by atomic mass is 10.1. The maximum atomic E-state index is 11.5. The van der Waals surface area contributed by atoms with Crippen LogP contribution in [0.25, 0.3) is 0 Å². The highest BCUT2D eigenvalue weighted by Gasteiger charge is 2.17. The van der Waals surface area contributed by atoms with Gasteiger partial charge in [-0.05, 0) is 29.8 Å². The third-order valence-electron chi connectivity index (χ3n) is 3.11. The Hall–Kier alpha value is -3.09. The lowest BCUT2D eigenvalue weighted by molar-refractivity contribution is -0.386. The number of nitrogens with zero attached hydrogens (tertiary/aromatic N) is 1. The number of carbonyl (C=O) groups excluding carboxylic acids is 1. The van der Waals surface area contributed by atoms with Crippen LogP contribution in [0.4, 0.5) is 5.69 Å². The molecule has 0 N–H and O–H groups in total. The van der Waals surface area contributed by atoms with E-state index in [0.29, 0.717) is 16.9 Å². The molecular weight excluding hydrogens is 302 g/mol. The fourth-order valence-electron chi connectivity index (χ4n) is 1.96. The molecular formula is C16H15NO6.